The van der Waals surface area contributed by atoms with Crippen LogP contribution >= 0.6 is 22.9 Å². The van der Waals surface area contributed by atoms with Gasteiger partial charge in [0.25, 0.3) is 0 Å². The third-order valence-corrected chi connectivity index (χ3v) is 4.60. The minimum Gasteiger partial charge on any atom is -0.365 e. The third kappa shape index (κ3) is 2.73. The van der Waals surface area contributed by atoms with Gasteiger partial charge in [-0.25, -0.2) is 4.98 Å². The number of thiophene rings is 1. The highest BCUT2D eigenvalue weighted by Gasteiger charge is 2.14. The normalized spacial score (nSPS) is 13.1. The summed E-state index contributed by atoms with van der Waals surface area (Å²) < 4.78 is 0. The zero-order valence-corrected chi connectivity index (χ0v) is 11.8. The molecule has 1 aliphatic carbocycles. The monoisotopic (exact) mass is 289 g/mol. The highest BCUT2D eigenvalue weighted by molar-refractivity contribution is 7.12. The molecule has 2 aromatic rings. The summed E-state index contributed by atoms with van der Waals surface area (Å²) >= 11 is 7.74. The molecule has 0 radical (unpaired) electrons. The van der Waals surface area contributed by atoms with Gasteiger partial charge in [-0.05, 0) is 43.0 Å². The van der Waals surface area contributed by atoms with Crippen molar-refractivity contribution in [3.05, 3.63) is 44.2 Å². The van der Waals surface area contributed by atoms with Crippen LogP contribution in [0.4, 0.5) is 5.82 Å². The zero-order valence-electron chi connectivity index (χ0n) is 10.2. The molecule has 1 aliphatic rings. The molecular formula is C14H12ClN3S. The van der Waals surface area contributed by atoms with Crippen molar-refractivity contribution in [1.82, 2.24) is 4.98 Å². The Hall–Kier alpha value is -1.57. The number of fused-ring (bicyclic) bond motifs is 1. The molecule has 3 nitrogen and oxygen atoms in total. The van der Waals surface area contributed by atoms with Gasteiger partial charge in [0.1, 0.15) is 11.0 Å². The fourth-order valence-electron chi connectivity index (χ4n) is 2.31. The van der Waals surface area contributed by atoms with E-state index in [-0.39, 0.29) is 0 Å². The Morgan fingerprint density at radius 1 is 1.37 bits per heavy atom. The van der Waals surface area contributed by atoms with E-state index in [4.69, 9.17) is 16.9 Å². The molecule has 0 amide bonds. The number of pyridine rings is 1. The van der Waals surface area contributed by atoms with Gasteiger partial charge in [-0.3, -0.25) is 0 Å². The van der Waals surface area contributed by atoms with Gasteiger partial charge in [-0.1, -0.05) is 11.6 Å². The molecule has 0 aliphatic heterocycles. The number of rotatable bonds is 3. The van der Waals surface area contributed by atoms with Gasteiger partial charge < -0.3 is 5.32 Å². The minimum absolute atomic E-state index is 0.343. The maximum absolute atomic E-state index is 8.89. The maximum atomic E-state index is 8.89. The second-order valence-corrected chi connectivity index (χ2v) is 6.15. The summed E-state index contributed by atoms with van der Waals surface area (Å²) in [7, 11) is 0. The molecule has 19 heavy (non-hydrogen) atoms. The highest BCUT2D eigenvalue weighted by atomic mass is 35.5. The number of anilines is 1. The molecule has 0 saturated heterocycles. The standard InChI is InChI=1S/C14H12ClN3S/c15-13-4-9(7-16)5-14(18-13)17-8-11-6-10-2-1-3-12(10)19-11/h4-6H,1-3,8H2,(H,17,18). The fourth-order valence-corrected chi connectivity index (χ4v) is 3.72. The number of nitrogens with zero attached hydrogens (tertiary/aromatic N) is 2. The van der Waals surface area contributed by atoms with Gasteiger partial charge in [0.05, 0.1) is 18.2 Å². The minimum atomic E-state index is 0.343. The van der Waals surface area contributed by atoms with E-state index in [2.05, 4.69) is 22.4 Å². The van der Waals surface area contributed by atoms with Crippen LogP contribution in [0.25, 0.3) is 0 Å². The summed E-state index contributed by atoms with van der Waals surface area (Å²) in [6.45, 7) is 0.732. The number of nitrogens with one attached hydrogen (secondary N) is 1. The summed E-state index contributed by atoms with van der Waals surface area (Å²) in [5, 5.41) is 12.5. The summed E-state index contributed by atoms with van der Waals surface area (Å²) in [5.41, 5.74) is 2.02. The van der Waals surface area contributed by atoms with Crippen LogP contribution in [0.15, 0.2) is 18.2 Å². The smallest absolute Gasteiger partial charge is 0.132 e. The van der Waals surface area contributed by atoms with Gasteiger partial charge in [0.2, 0.25) is 0 Å². The average molecular weight is 290 g/mol. The Kier molecular flexibility index (Phi) is 3.41. The van der Waals surface area contributed by atoms with Crippen LogP contribution in [-0.2, 0) is 19.4 Å². The van der Waals surface area contributed by atoms with Gasteiger partial charge in [0.15, 0.2) is 0 Å². The molecule has 1 N–H and O–H groups in total. The average Bonchev–Trinajstić information content (AvgIpc) is 2.96. The van der Waals surface area contributed by atoms with Crippen LogP contribution in [0, 0.1) is 11.3 Å². The molecule has 2 heterocycles. The Morgan fingerprint density at radius 2 is 2.26 bits per heavy atom. The third-order valence-electron chi connectivity index (χ3n) is 3.16. The van der Waals surface area contributed by atoms with Crippen LogP contribution in [0.1, 0.15) is 27.3 Å². The first-order valence-corrected chi connectivity index (χ1v) is 7.36. The van der Waals surface area contributed by atoms with Gasteiger partial charge >= 0.3 is 0 Å². The van der Waals surface area contributed by atoms with Crippen LogP contribution < -0.4 is 5.32 Å². The van der Waals surface area contributed by atoms with Crippen molar-refractivity contribution >= 4 is 28.8 Å². The molecule has 0 spiro atoms. The summed E-state index contributed by atoms with van der Waals surface area (Å²) in [5.74, 6) is 0.651. The molecule has 0 fully saturated rings. The number of nitriles is 1. The second kappa shape index (κ2) is 5.20. The number of aromatic nitrogens is 1. The van der Waals surface area contributed by atoms with Crippen molar-refractivity contribution in [2.24, 2.45) is 0 Å². The lowest BCUT2D eigenvalue weighted by Crippen LogP contribution is -2.00. The van der Waals surface area contributed by atoms with E-state index < -0.39 is 0 Å². The number of hydrogen-bond donors (Lipinski definition) is 1. The van der Waals surface area contributed by atoms with E-state index in [1.165, 1.54) is 34.6 Å². The predicted molar refractivity (Wildman–Crippen MR) is 77.6 cm³/mol. The van der Waals surface area contributed by atoms with Gasteiger partial charge in [-0.15, -0.1) is 11.3 Å². The predicted octanol–water partition coefficient (Wildman–Crippen LogP) is 3.77. The first-order chi connectivity index (χ1) is 9.24. The molecule has 3 rings (SSSR count). The van der Waals surface area contributed by atoms with Crippen LogP contribution in [-0.4, -0.2) is 4.98 Å². The van der Waals surface area contributed by atoms with Crippen LogP contribution in [0.5, 0.6) is 0 Å². The van der Waals surface area contributed by atoms with Crippen molar-refractivity contribution in [3.8, 4) is 6.07 Å². The molecule has 96 valence electrons. The van der Waals surface area contributed by atoms with E-state index in [1.807, 2.05) is 11.3 Å². The lowest BCUT2D eigenvalue weighted by atomic mass is 10.2. The van der Waals surface area contributed by atoms with Gasteiger partial charge in [0, 0.05) is 9.75 Å². The van der Waals surface area contributed by atoms with Gasteiger partial charge in [-0.2, -0.15) is 5.26 Å². The number of aryl methyl sites for hydroxylation is 2. The van der Waals surface area contributed by atoms with E-state index in [9.17, 15) is 0 Å². The molecule has 0 bridgehead atoms. The van der Waals surface area contributed by atoms with Crippen LogP contribution in [0.2, 0.25) is 5.15 Å². The summed E-state index contributed by atoms with van der Waals surface area (Å²) in [6.07, 6.45) is 3.71. The highest BCUT2D eigenvalue weighted by Crippen LogP contribution is 2.30. The topological polar surface area (TPSA) is 48.7 Å². The Morgan fingerprint density at radius 3 is 3.05 bits per heavy atom. The SMILES string of the molecule is N#Cc1cc(Cl)nc(NCc2cc3c(s2)CCC3)c1. The van der Waals surface area contributed by atoms with E-state index in [0.29, 0.717) is 16.5 Å². The van der Waals surface area contributed by atoms with Crippen molar-refractivity contribution < 1.29 is 0 Å². The molecule has 0 saturated carbocycles. The molecule has 2 aromatic heterocycles. The fraction of sp³-hybridized carbons (Fsp3) is 0.286. The summed E-state index contributed by atoms with van der Waals surface area (Å²) in [4.78, 5) is 7.00. The largest absolute Gasteiger partial charge is 0.365 e. The second-order valence-electron chi connectivity index (χ2n) is 4.54. The summed E-state index contributed by atoms with van der Waals surface area (Å²) in [6, 6.07) is 7.63. The molecule has 0 atom stereocenters. The number of halogens is 1. The van der Waals surface area contributed by atoms with Crippen molar-refractivity contribution in [2.45, 2.75) is 25.8 Å². The Labute approximate surface area is 120 Å². The molecule has 5 heteroatoms. The maximum Gasteiger partial charge on any atom is 0.132 e. The first-order valence-electron chi connectivity index (χ1n) is 6.16. The Bertz CT molecular complexity index is 636. The lowest BCUT2D eigenvalue weighted by Gasteiger charge is -2.04. The van der Waals surface area contributed by atoms with Crippen molar-refractivity contribution in [1.29, 1.82) is 5.26 Å². The van der Waals surface area contributed by atoms with E-state index >= 15 is 0 Å². The van der Waals surface area contributed by atoms with E-state index in [0.717, 1.165) is 6.54 Å². The molecule has 0 aromatic carbocycles. The molecular weight excluding hydrogens is 278 g/mol. The quantitative estimate of drug-likeness (QED) is 0.875. The van der Waals surface area contributed by atoms with Crippen molar-refractivity contribution in [2.75, 3.05) is 5.32 Å². The van der Waals surface area contributed by atoms with Crippen molar-refractivity contribution in [3.63, 3.8) is 0 Å². The molecule has 0 unspecified atom stereocenters. The van der Waals surface area contributed by atoms with E-state index in [1.54, 1.807) is 12.1 Å². The first kappa shape index (κ1) is 12.5. The zero-order chi connectivity index (χ0) is 13.2. The van der Waals surface area contributed by atoms with Crippen LogP contribution in [0.3, 0.4) is 0 Å². The lowest BCUT2D eigenvalue weighted by molar-refractivity contribution is 0.913. The number of hydrogen-bond acceptors (Lipinski definition) is 4. The Balaban J connectivity index is 1.72.